The number of hydrogen-bond acceptors (Lipinski definition) is 5. The van der Waals surface area contributed by atoms with E-state index in [2.05, 4.69) is 20.6 Å². The number of carbonyl (C=O) groups is 1. The Balaban J connectivity index is 1.73. The number of aryl methyl sites for hydroxylation is 2. The number of methoxy groups -OCH3 is 1. The van der Waals surface area contributed by atoms with Crippen LogP contribution in [0.15, 0.2) is 48.8 Å². The molecule has 0 saturated carbocycles. The lowest BCUT2D eigenvalue weighted by Crippen LogP contribution is -2.14. The summed E-state index contributed by atoms with van der Waals surface area (Å²) < 4.78 is 5.33. The molecule has 0 aliphatic rings. The van der Waals surface area contributed by atoms with E-state index in [0.717, 1.165) is 16.8 Å². The summed E-state index contributed by atoms with van der Waals surface area (Å²) in [7, 11) is 1.60. The molecule has 27 heavy (non-hydrogen) atoms. The standard InChI is InChI=1S/C20H19ClN4O2/c1-12-4-7-18(27-3)17(8-12)25-20-22-10-14(11-23-20)19(26)24-16-6-5-15(21)9-13(16)2/h4-11H,1-3H3,(H,24,26)(H,22,23,25). The molecule has 0 bridgehead atoms. The highest BCUT2D eigenvalue weighted by Gasteiger charge is 2.11. The number of aromatic nitrogens is 2. The molecule has 7 heteroatoms. The number of amides is 1. The van der Waals surface area contributed by atoms with E-state index < -0.39 is 0 Å². The molecule has 138 valence electrons. The number of ether oxygens (including phenoxy) is 1. The highest BCUT2D eigenvalue weighted by molar-refractivity contribution is 6.30. The molecule has 1 amide bonds. The van der Waals surface area contributed by atoms with Crippen molar-refractivity contribution in [3.63, 3.8) is 0 Å². The van der Waals surface area contributed by atoms with Gasteiger partial charge in [-0.25, -0.2) is 9.97 Å². The third-order valence-electron chi connectivity index (χ3n) is 3.95. The number of benzene rings is 2. The number of nitrogens with one attached hydrogen (secondary N) is 2. The van der Waals surface area contributed by atoms with Crippen LogP contribution in [0.25, 0.3) is 0 Å². The van der Waals surface area contributed by atoms with Crippen molar-refractivity contribution in [2.24, 2.45) is 0 Å². The number of hydrogen-bond donors (Lipinski definition) is 2. The normalized spacial score (nSPS) is 10.4. The summed E-state index contributed by atoms with van der Waals surface area (Å²) in [5.41, 5.74) is 3.75. The fraction of sp³-hybridized carbons (Fsp3) is 0.150. The molecule has 0 fully saturated rings. The predicted molar refractivity (Wildman–Crippen MR) is 107 cm³/mol. The van der Waals surface area contributed by atoms with Crippen LogP contribution in [-0.2, 0) is 0 Å². The van der Waals surface area contributed by atoms with Crippen molar-refractivity contribution >= 4 is 34.8 Å². The molecule has 0 saturated heterocycles. The van der Waals surface area contributed by atoms with E-state index in [0.29, 0.717) is 28.0 Å². The van der Waals surface area contributed by atoms with Gasteiger partial charge >= 0.3 is 0 Å². The summed E-state index contributed by atoms with van der Waals surface area (Å²) in [5, 5.41) is 6.55. The zero-order chi connectivity index (χ0) is 19.4. The molecule has 0 radical (unpaired) electrons. The molecule has 3 aromatic rings. The maximum absolute atomic E-state index is 12.4. The molecule has 1 heterocycles. The van der Waals surface area contributed by atoms with Crippen LogP contribution in [0.4, 0.5) is 17.3 Å². The first-order valence-electron chi connectivity index (χ1n) is 8.27. The van der Waals surface area contributed by atoms with Crippen LogP contribution < -0.4 is 15.4 Å². The van der Waals surface area contributed by atoms with Gasteiger partial charge in [0.2, 0.25) is 5.95 Å². The summed E-state index contributed by atoms with van der Waals surface area (Å²) in [6.07, 6.45) is 2.94. The third kappa shape index (κ3) is 4.54. The Hall–Kier alpha value is -3.12. The smallest absolute Gasteiger partial charge is 0.258 e. The van der Waals surface area contributed by atoms with Crippen molar-refractivity contribution in [2.45, 2.75) is 13.8 Å². The summed E-state index contributed by atoms with van der Waals surface area (Å²) in [6.45, 7) is 3.86. The molecule has 0 unspecified atom stereocenters. The number of halogens is 1. The fourth-order valence-electron chi connectivity index (χ4n) is 2.51. The molecular formula is C20H19ClN4O2. The second-order valence-electron chi connectivity index (χ2n) is 6.04. The Morgan fingerprint density at radius 2 is 1.78 bits per heavy atom. The van der Waals surface area contributed by atoms with Crippen molar-refractivity contribution in [1.82, 2.24) is 9.97 Å². The van der Waals surface area contributed by atoms with Gasteiger partial charge in [-0.3, -0.25) is 4.79 Å². The topological polar surface area (TPSA) is 76.1 Å². The Labute approximate surface area is 162 Å². The zero-order valence-corrected chi connectivity index (χ0v) is 16.0. The van der Waals surface area contributed by atoms with Crippen molar-refractivity contribution in [1.29, 1.82) is 0 Å². The summed E-state index contributed by atoms with van der Waals surface area (Å²) in [5.74, 6) is 0.766. The highest BCUT2D eigenvalue weighted by atomic mass is 35.5. The van der Waals surface area contributed by atoms with Gasteiger partial charge in [-0.1, -0.05) is 17.7 Å². The van der Waals surface area contributed by atoms with Crippen molar-refractivity contribution in [2.75, 3.05) is 17.7 Å². The minimum atomic E-state index is -0.292. The van der Waals surface area contributed by atoms with E-state index in [9.17, 15) is 4.79 Å². The molecule has 0 atom stereocenters. The molecule has 0 spiro atoms. The third-order valence-corrected chi connectivity index (χ3v) is 4.19. The lowest BCUT2D eigenvalue weighted by Gasteiger charge is -2.11. The number of nitrogens with zero attached hydrogens (tertiary/aromatic N) is 2. The first-order valence-corrected chi connectivity index (χ1v) is 8.65. The molecule has 0 aliphatic heterocycles. The maximum Gasteiger partial charge on any atom is 0.258 e. The Bertz CT molecular complexity index is 974. The zero-order valence-electron chi connectivity index (χ0n) is 15.2. The molecule has 1 aromatic heterocycles. The summed E-state index contributed by atoms with van der Waals surface area (Å²) in [6, 6.07) is 11.0. The molecule has 2 N–H and O–H groups in total. The lowest BCUT2D eigenvalue weighted by atomic mass is 10.2. The Kier molecular flexibility index (Phi) is 5.57. The van der Waals surface area contributed by atoms with Gasteiger partial charge in [0.05, 0.1) is 18.4 Å². The van der Waals surface area contributed by atoms with Gasteiger partial charge in [-0.05, 0) is 55.3 Å². The SMILES string of the molecule is COc1ccc(C)cc1Nc1ncc(C(=O)Nc2ccc(Cl)cc2C)cn1. The number of carbonyl (C=O) groups excluding carboxylic acids is 1. The largest absolute Gasteiger partial charge is 0.495 e. The Morgan fingerprint density at radius 3 is 2.44 bits per heavy atom. The average Bonchev–Trinajstić information content (AvgIpc) is 2.65. The minimum absolute atomic E-state index is 0.292. The fourth-order valence-corrected chi connectivity index (χ4v) is 2.74. The second-order valence-corrected chi connectivity index (χ2v) is 6.47. The van der Waals surface area contributed by atoms with Gasteiger partial charge in [0.15, 0.2) is 0 Å². The van der Waals surface area contributed by atoms with E-state index in [1.807, 2.05) is 32.0 Å². The van der Waals surface area contributed by atoms with E-state index in [1.54, 1.807) is 25.3 Å². The first-order chi connectivity index (χ1) is 13.0. The number of rotatable bonds is 5. The van der Waals surface area contributed by atoms with Gasteiger partial charge < -0.3 is 15.4 Å². The van der Waals surface area contributed by atoms with E-state index in [1.165, 1.54) is 12.4 Å². The monoisotopic (exact) mass is 382 g/mol. The molecular weight excluding hydrogens is 364 g/mol. The minimum Gasteiger partial charge on any atom is -0.495 e. The van der Waals surface area contributed by atoms with Gasteiger partial charge in [-0.15, -0.1) is 0 Å². The van der Waals surface area contributed by atoms with Crippen LogP contribution in [0.1, 0.15) is 21.5 Å². The van der Waals surface area contributed by atoms with Crippen LogP contribution >= 0.6 is 11.6 Å². The van der Waals surface area contributed by atoms with Crippen molar-refractivity contribution in [3.05, 3.63) is 70.5 Å². The molecule has 2 aromatic carbocycles. The first kappa shape index (κ1) is 18.7. The van der Waals surface area contributed by atoms with Crippen LogP contribution in [0.3, 0.4) is 0 Å². The average molecular weight is 383 g/mol. The van der Waals surface area contributed by atoms with Crippen LogP contribution in [0.5, 0.6) is 5.75 Å². The van der Waals surface area contributed by atoms with Crippen molar-refractivity contribution < 1.29 is 9.53 Å². The summed E-state index contributed by atoms with van der Waals surface area (Å²) >= 11 is 5.94. The van der Waals surface area contributed by atoms with E-state index in [-0.39, 0.29) is 5.91 Å². The van der Waals surface area contributed by atoms with Gasteiger partial charge in [-0.2, -0.15) is 0 Å². The quantitative estimate of drug-likeness (QED) is 0.665. The highest BCUT2D eigenvalue weighted by Crippen LogP contribution is 2.27. The molecule has 0 aliphatic carbocycles. The van der Waals surface area contributed by atoms with Gasteiger partial charge in [0.25, 0.3) is 5.91 Å². The van der Waals surface area contributed by atoms with Gasteiger partial charge in [0.1, 0.15) is 5.75 Å². The lowest BCUT2D eigenvalue weighted by molar-refractivity contribution is 0.102. The van der Waals surface area contributed by atoms with Crippen LogP contribution in [-0.4, -0.2) is 23.0 Å². The molecule has 3 rings (SSSR count). The van der Waals surface area contributed by atoms with Crippen LogP contribution in [0, 0.1) is 13.8 Å². The maximum atomic E-state index is 12.4. The predicted octanol–water partition coefficient (Wildman–Crippen LogP) is 4.75. The van der Waals surface area contributed by atoms with Crippen LogP contribution in [0.2, 0.25) is 5.02 Å². The van der Waals surface area contributed by atoms with Crippen molar-refractivity contribution in [3.8, 4) is 5.75 Å². The summed E-state index contributed by atoms with van der Waals surface area (Å²) in [4.78, 5) is 20.8. The van der Waals surface area contributed by atoms with Gasteiger partial charge in [0, 0.05) is 23.1 Å². The van der Waals surface area contributed by atoms with E-state index in [4.69, 9.17) is 16.3 Å². The Morgan fingerprint density at radius 1 is 1.04 bits per heavy atom. The second kappa shape index (κ2) is 8.05. The number of anilines is 3. The van der Waals surface area contributed by atoms with E-state index >= 15 is 0 Å². The molecule has 6 nitrogen and oxygen atoms in total.